The van der Waals surface area contributed by atoms with Gasteiger partial charge in [0.2, 0.25) is 0 Å². The third kappa shape index (κ3) is 2.40. The highest BCUT2D eigenvalue weighted by atomic mass is 32.1. The lowest BCUT2D eigenvalue weighted by atomic mass is 10.0. The summed E-state index contributed by atoms with van der Waals surface area (Å²) in [5, 5.41) is 0.596. The molecule has 2 saturated heterocycles. The molecule has 2 aliphatic rings. The first-order valence-electron chi connectivity index (χ1n) is 6.61. The molecule has 3 heterocycles. The number of aromatic nitrogens is 1. The number of piperidine rings is 1. The molecule has 6 heteroatoms. The van der Waals surface area contributed by atoms with Gasteiger partial charge in [-0.3, -0.25) is 4.79 Å². The van der Waals surface area contributed by atoms with E-state index in [4.69, 9.17) is 9.47 Å². The van der Waals surface area contributed by atoms with Gasteiger partial charge in [0, 0.05) is 30.8 Å². The molecule has 0 unspecified atom stereocenters. The molecule has 1 spiro atoms. The van der Waals surface area contributed by atoms with E-state index in [0.717, 1.165) is 23.4 Å². The Labute approximate surface area is 116 Å². The van der Waals surface area contributed by atoms with Crippen LogP contribution in [0.1, 0.15) is 33.2 Å². The van der Waals surface area contributed by atoms with E-state index in [1.54, 1.807) is 0 Å². The predicted octanol–water partition coefficient (Wildman–Crippen LogP) is 1.74. The lowest BCUT2D eigenvalue weighted by molar-refractivity contribution is -0.181. The summed E-state index contributed by atoms with van der Waals surface area (Å²) < 4.78 is 11.3. The number of rotatable bonds is 1. The van der Waals surface area contributed by atoms with Crippen LogP contribution in [-0.2, 0) is 9.47 Å². The molecule has 0 N–H and O–H groups in total. The van der Waals surface area contributed by atoms with Gasteiger partial charge in [-0.15, -0.1) is 11.3 Å². The van der Waals surface area contributed by atoms with Crippen molar-refractivity contribution in [2.75, 3.05) is 26.3 Å². The Kier molecular flexibility index (Phi) is 3.32. The van der Waals surface area contributed by atoms with Crippen molar-refractivity contribution in [2.45, 2.75) is 32.5 Å². The van der Waals surface area contributed by atoms with Gasteiger partial charge in [0.15, 0.2) is 10.8 Å². The summed E-state index contributed by atoms with van der Waals surface area (Å²) in [5.41, 5.74) is 0.948. The van der Waals surface area contributed by atoms with Crippen molar-refractivity contribution in [3.63, 3.8) is 0 Å². The first kappa shape index (κ1) is 13.0. The Bertz CT molecular complexity index is 465. The Morgan fingerprint density at radius 3 is 2.42 bits per heavy atom. The van der Waals surface area contributed by atoms with Gasteiger partial charge < -0.3 is 14.4 Å². The molecule has 0 atom stereocenters. The second-order valence-corrected chi connectivity index (χ2v) is 6.26. The average Bonchev–Trinajstić information content (AvgIpc) is 2.98. The number of amides is 1. The van der Waals surface area contributed by atoms with Gasteiger partial charge in [-0.1, -0.05) is 0 Å². The van der Waals surface area contributed by atoms with Gasteiger partial charge in [0.1, 0.15) is 0 Å². The van der Waals surface area contributed by atoms with E-state index >= 15 is 0 Å². The smallest absolute Gasteiger partial charge is 0.282 e. The maximum Gasteiger partial charge on any atom is 0.282 e. The molecular formula is C13H18N2O3S. The molecule has 1 aromatic rings. The highest BCUT2D eigenvalue weighted by Crippen LogP contribution is 2.32. The molecule has 1 aromatic heterocycles. The van der Waals surface area contributed by atoms with E-state index in [9.17, 15) is 4.79 Å². The molecular weight excluding hydrogens is 264 g/mol. The molecule has 0 bridgehead atoms. The van der Waals surface area contributed by atoms with Crippen molar-refractivity contribution in [1.82, 2.24) is 9.88 Å². The molecule has 2 fully saturated rings. The minimum atomic E-state index is -0.425. The van der Waals surface area contributed by atoms with E-state index in [0.29, 0.717) is 31.3 Å². The number of hydrogen-bond acceptors (Lipinski definition) is 5. The number of likely N-dealkylation sites (tertiary alicyclic amines) is 1. The first-order valence-corrected chi connectivity index (χ1v) is 7.42. The van der Waals surface area contributed by atoms with Gasteiger partial charge in [-0.2, -0.15) is 0 Å². The van der Waals surface area contributed by atoms with Crippen molar-refractivity contribution in [3.05, 3.63) is 15.6 Å². The maximum absolute atomic E-state index is 12.4. The topological polar surface area (TPSA) is 51.7 Å². The van der Waals surface area contributed by atoms with Crippen molar-refractivity contribution >= 4 is 17.2 Å². The van der Waals surface area contributed by atoms with Crippen molar-refractivity contribution < 1.29 is 14.3 Å². The fourth-order valence-corrected chi connectivity index (χ4v) is 3.42. The van der Waals surface area contributed by atoms with Crippen LogP contribution in [0.3, 0.4) is 0 Å². The van der Waals surface area contributed by atoms with Crippen LogP contribution in [-0.4, -0.2) is 47.9 Å². The van der Waals surface area contributed by atoms with Gasteiger partial charge in [-0.05, 0) is 13.8 Å². The summed E-state index contributed by atoms with van der Waals surface area (Å²) in [5.74, 6) is -0.389. The van der Waals surface area contributed by atoms with Crippen LogP contribution in [0.4, 0.5) is 0 Å². The summed E-state index contributed by atoms with van der Waals surface area (Å²) in [4.78, 5) is 19.7. The second-order valence-electron chi connectivity index (χ2n) is 5.06. The molecule has 0 aromatic carbocycles. The highest BCUT2D eigenvalue weighted by Gasteiger charge is 2.41. The number of hydrogen-bond donors (Lipinski definition) is 0. The van der Waals surface area contributed by atoms with Crippen LogP contribution in [0.25, 0.3) is 0 Å². The molecule has 0 saturated carbocycles. The van der Waals surface area contributed by atoms with E-state index in [1.807, 2.05) is 18.7 Å². The van der Waals surface area contributed by atoms with Crippen molar-refractivity contribution in [2.24, 2.45) is 0 Å². The molecule has 104 valence electrons. The number of thiazole rings is 1. The van der Waals surface area contributed by atoms with Gasteiger partial charge in [-0.25, -0.2) is 4.98 Å². The number of ether oxygens (including phenoxy) is 2. The van der Waals surface area contributed by atoms with Crippen LogP contribution < -0.4 is 0 Å². The third-order valence-corrected chi connectivity index (χ3v) is 4.90. The summed E-state index contributed by atoms with van der Waals surface area (Å²) in [6.07, 6.45) is 1.50. The standard InChI is InChI=1S/C13H18N2O3S/c1-9-10(2)19-11(14-9)12(16)15-5-3-13(4-6-15)17-7-8-18-13/h3-8H2,1-2H3. The summed E-state index contributed by atoms with van der Waals surface area (Å²) in [6.45, 7) is 6.62. The zero-order chi connectivity index (χ0) is 13.5. The SMILES string of the molecule is Cc1nc(C(=O)N2CCC3(CC2)OCCO3)sc1C. The minimum absolute atomic E-state index is 0.0362. The Hall–Kier alpha value is -0.980. The molecule has 19 heavy (non-hydrogen) atoms. The fourth-order valence-electron chi connectivity index (χ4n) is 2.54. The Morgan fingerprint density at radius 2 is 1.89 bits per heavy atom. The van der Waals surface area contributed by atoms with E-state index < -0.39 is 5.79 Å². The highest BCUT2D eigenvalue weighted by molar-refractivity contribution is 7.13. The monoisotopic (exact) mass is 282 g/mol. The molecule has 0 aliphatic carbocycles. The summed E-state index contributed by atoms with van der Waals surface area (Å²) >= 11 is 1.48. The predicted molar refractivity (Wildman–Crippen MR) is 71.4 cm³/mol. The minimum Gasteiger partial charge on any atom is -0.347 e. The van der Waals surface area contributed by atoms with Gasteiger partial charge in [0.25, 0.3) is 5.91 Å². The third-order valence-electron chi connectivity index (χ3n) is 3.84. The molecule has 1 amide bonds. The average molecular weight is 282 g/mol. The van der Waals surface area contributed by atoms with E-state index in [2.05, 4.69) is 4.98 Å². The van der Waals surface area contributed by atoms with Crippen LogP contribution >= 0.6 is 11.3 Å². The quantitative estimate of drug-likeness (QED) is 0.787. The normalized spacial score (nSPS) is 22.1. The van der Waals surface area contributed by atoms with Gasteiger partial charge >= 0.3 is 0 Å². The lowest BCUT2D eigenvalue weighted by Gasteiger charge is -2.37. The summed E-state index contributed by atoms with van der Waals surface area (Å²) in [7, 11) is 0. The molecule has 3 rings (SSSR count). The fraction of sp³-hybridized carbons (Fsp3) is 0.692. The molecule has 5 nitrogen and oxygen atoms in total. The van der Waals surface area contributed by atoms with Crippen LogP contribution in [0.5, 0.6) is 0 Å². The van der Waals surface area contributed by atoms with Gasteiger partial charge in [0.05, 0.1) is 18.9 Å². The van der Waals surface area contributed by atoms with Crippen molar-refractivity contribution in [1.29, 1.82) is 0 Å². The number of aryl methyl sites for hydroxylation is 2. The number of carbonyl (C=O) groups excluding carboxylic acids is 1. The van der Waals surface area contributed by atoms with E-state index in [1.165, 1.54) is 11.3 Å². The van der Waals surface area contributed by atoms with Crippen molar-refractivity contribution in [3.8, 4) is 0 Å². The number of nitrogens with zero attached hydrogens (tertiary/aromatic N) is 2. The zero-order valence-corrected chi connectivity index (χ0v) is 12.1. The first-order chi connectivity index (χ1) is 9.10. The largest absolute Gasteiger partial charge is 0.347 e. The van der Waals surface area contributed by atoms with E-state index in [-0.39, 0.29) is 5.91 Å². The molecule has 2 aliphatic heterocycles. The van der Waals surface area contributed by atoms with Crippen LogP contribution in [0, 0.1) is 13.8 Å². The number of carbonyl (C=O) groups is 1. The maximum atomic E-state index is 12.4. The Morgan fingerprint density at radius 1 is 1.26 bits per heavy atom. The zero-order valence-electron chi connectivity index (χ0n) is 11.3. The lowest BCUT2D eigenvalue weighted by Crippen LogP contribution is -2.47. The summed E-state index contributed by atoms with van der Waals surface area (Å²) in [6, 6.07) is 0. The Balaban J connectivity index is 1.66. The second kappa shape index (κ2) is 4.85. The van der Waals surface area contributed by atoms with Crippen LogP contribution in [0.2, 0.25) is 0 Å². The van der Waals surface area contributed by atoms with Crippen LogP contribution in [0.15, 0.2) is 0 Å². The molecule has 0 radical (unpaired) electrons.